The molecule has 0 aromatic heterocycles. The Hall–Kier alpha value is -0.780. The summed E-state index contributed by atoms with van der Waals surface area (Å²) in [6.07, 6.45) is -4.20. The third-order valence-corrected chi connectivity index (χ3v) is 2.59. The number of carboxylic acids is 1. The monoisotopic (exact) mass is 211 g/mol. The summed E-state index contributed by atoms with van der Waals surface area (Å²) in [7, 11) is 0. The molecule has 1 heterocycles. The molecule has 82 valence electrons. The van der Waals surface area contributed by atoms with Gasteiger partial charge in [0.25, 0.3) is 0 Å². The molecule has 14 heavy (non-hydrogen) atoms. The van der Waals surface area contributed by atoms with Crippen LogP contribution in [0.3, 0.4) is 0 Å². The number of aliphatic carboxylic acids is 1. The zero-order valence-corrected chi connectivity index (χ0v) is 7.71. The summed E-state index contributed by atoms with van der Waals surface area (Å²) < 4.78 is 36.7. The third-order valence-electron chi connectivity index (χ3n) is 2.59. The van der Waals surface area contributed by atoms with Gasteiger partial charge in [0, 0.05) is 6.54 Å². The Morgan fingerprint density at radius 1 is 1.57 bits per heavy atom. The van der Waals surface area contributed by atoms with Gasteiger partial charge >= 0.3 is 12.1 Å². The first-order chi connectivity index (χ1) is 6.32. The number of rotatable bonds is 2. The van der Waals surface area contributed by atoms with Crippen LogP contribution in [0.5, 0.6) is 0 Å². The van der Waals surface area contributed by atoms with E-state index in [-0.39, 0.29) is 19.5 Å². The van der Waals surface area contributed by atoms with Crippen LogP contribution in [0.15, 0.2) is 0 Å². The molecule has 1 aliphatic rings. The molecule has 1 aliphatic heterocycles. The number of halogens is 3. The lowest BCUT2D eigenvalue weighted by atomic mass is 10.1. The smallest absolute Gasteiger partial charge is 0.393 e. The molecule has 1 saturated heterocycles. The summed E-state index contributed by atoms with van der Waals surface area (Å²) in [5.41, 5.74) is 0. The minimum absolute atomic E-state index is 0.00111. The Balaban J connectivity index is 2.53. The Morgan fingerprint density at radius 2 is 2.14 bits per heavy atom. The van der Waals surface area contributed by atoms with Gasteiger partial charge < -0.3 is 5.11 Å². The van der Waals surface area contributed by atoms with Gasteiger partial charge in [0.15, 0.2) is 0 Å². The molecule has 0 radical (unpaired) electrons. The summed E-state index contributed by atoms with van der Waals surface area (Å²) in [4.78, 5) is 11.9. The molecule has 3 nitrogen and oxygen atoms in total. The molecule has 0 spiro atoms. The summed E-state index contributed by atoms with van der Waals surface area (Å²) in [5, 5.41) is 8.61. The van der Waals surface area contributed by atoms with E-state index >= 15 is 0 Å². The number of nitrogens with zero attached hydrogens (tertiary/aromatic N) is 1. The van der Waals surface area contributed by atoms with Gasteiger partial charge in [0.05, 0.1) is 5.92 Å². The van der Waals surface area contributed by atoms with E-state index in [1.807, 2.05) is 0 Å². The van der Waals surface area contributed by atoms with Gasteiger partial charge in [-0.05, 0) is 19.9 Å². The van der Waals surface area contributed by atoms with Crippen LogP contribution in [-0.2, 0) is 4.79 Å². The van der Waals surface area contributed by atoms with Gasteiger partial charge in [-0.2, -0.15) is 13.2 Å². The van der Waals surface area contributed by atoms with Crippen molar-refractivity contribution in [2.24, 2.45) is 5.92 Å². The van der Waals surface area contributed by atoms with Gasteiger partial charge in [0.2, 0.25) is 0 Å². The molecule has 0 aromatic rings. The highest BCUT2D eigenvalue weighted by molar-refractivity contribution is 5.72. The lowest BCUT2D eigenvalue weighted by Crippen LogP contribution is -2.38. The van der Waals surface area contributed by atoms with E-state index in [9.17, 15) is 18.0 Å². The minimum atomic E-state index is -4.20. The standard InChI is InChI=1S/C8H12F3NO2/c1-5(7(13)14)12-3-2-6(4-12)8(9,10)11/h5-6H,2-4H2,1H3,(H,13,14)/t5-,6-/m0/s1. The van der Waals surface area contributed by atoms with Crippen LogP contribution < -0.4 is 0 Å². The van der Waals surface area contributed by atoms with Crippen molar-refractivity contribution >= 4 is 5.97 Å². The number of carbonyl (C=O) groups is 1. The zero-order chi connectivity index (χ0) is 10.9. The average molecular weight is 211 g/mol. The molecule has 0 aliphatic carbocycles. The van der Waals surface area contributed by atoms with E-state index < -0.39 is 24.1 Å². The van der Waals surface area contributed by atoms with E-state index in [1.165, 1.54) is 11.8 Å². The highest BCUT2D eigenvalue weighted by Crippen LogP contribution is 2.34. The molecule has 0 aromatic carbocycles. The Morgan fingerprint density at radius 3 is 2.50 bits per heavy atom. The second kappa shape index (κ2) is 3.76. The Bertz CT molecular complexity index is 229. The number of hydrogen-bond donors (Lipinski definition) is 1. The quantitative estimate of drug-likeness (QED) is 0.749. The second-order valence-electron chi connectivity index (χ2n) is 3.54. The normalized spacial score (nSPS) is 26.4. The van der Waals surface area contributed by atoms with Gasteiger partial charge in [0.1, 0.15) is 6.04 Å². The molecule has 1 fully saturated rings. The van der Waals surface area contributed by atoms with Crippen LogP contribution in [0.2, 0.25) is 0 Å². The first kappa shape index (κ1) is 11.3. The molecule has 0 unspecified atom stereocenters. The molecule has 2 atom stereocenters. The van der Waals surface area contributed by atoms with Crippen molar-refractivity contribution < 1.29 is 23.1 Å². The lowest BCUT2D eigenvalue weighted by Gasteiger charge is -2.21. The van der Waals surface area contributed by atoms with Crippen LogP contribution >= 0.6 is 0 Å². The topological polar surface area (TPSA) is 40.5 Å². The van der Waals surface area contributed by atoms with Crippen LogP contribution in [-0.4, -0.2) is 41.3 Å². The predicted octanol–water partition coefficient (Wildman–Crippen LogP) is 1.34. The third kappa shape index (κ3) is 2.37. The highest BCUT2D eigenvalue weighted by Gasteiger charge is 2.45. The van der Waals surface area contributed by atoms with E-state index in [2.05, 4.69) is 0 Å². The summed E-state index contributed by atoms with van der Waals surface area (Å²) in [5.74, 6) is -2.45. The maximum atomic E-state index is 12.2. The Kier molecular flexibility index (Phi) is 3.04. The summed E-state index contributed by atoms with van der Waals surface area (Å²) in [6, 6.07) is -0.831. The lowest BCUT2D eigenvalue weighted by molar-refractivity contribution is -0.171. The average Bonchev–Trinajstić information content (AvgIpc) is 2.49. The first-order valence-corrected chi connectivity index (χ1v) is 4.36. The highest BCUT2D eigenvalue weighted by atomic mass is 19.4. The van der Waals surface area contributed by atoms with Crippen molar-refractivity contribution in [2.75, 3.05) is 13.1 Å². The summed E-state index contributed by atoms with van der Waals surface area (Å²) >= 11 is 0. The molecule has 1 rings (SSSR count). The van der Waals surface area contributed by atoms with Crippen molar-refractivity contribution in [3.05, 3.63) is 0 Å². The minimum Gasteiger partial charge on any atom is -0.480 e. The predicted molar refractivity (Wildman–Crippen MR) is 42.8 cm³/mol. The molecular weight excluding hydrogens is 199 g/mol. The van der Waals surface area contributed by atoms with Crippen LogP contribution in [0.1, 0.15) is 13.3 Å². The van der Waals surface area contributed by atoms with Crippen molar-refractivity contribution in [3.63, 3.8) is 0 Å². The van der Waals surface area contributed by atoms with Gasteiger partial charge in [-0.25, -0.2) is 0 Å². The molecule has 0 amide bonds. The Labute approximate surface area is 79.5 Å². The van der Waals surface area contributed by atoms with Crippen molar-refractivity contribution in [1.82, 2.24) is 4.90 Å². The fourth-order valence-electron chi connectivity index (χ4n) is 1.56. The van der Waals surface area contributed by atoms with E-state index in [0.717, 1.165) is 0 Å². The molecule has 1 N–H and O–H groups in total. The number of alkyl halides is 3. The maximum Gasteiger partial charge on any atom is 0.393 e. The number of hydrogen-bond acceptors (Lipinski definition) is 2. The summed E-state index contributed by atoms with van der Waals surface area (Å²) in [6.45, 7) is 1.41. The van der Waals surface area contributed by atoms with Crippen molar-refractivity contribution in [1.29, 1.82) is 0 Å². The SMILES string of the molecule is C[C@@H](C(=O)O)N1CC[C@H](C(F)(F)F)C1. The molecule has 6 heteroatoms. The van der Waals surface area contributed by atoms with Gasteiger partial charge in [-0.3, -0.25) is 9.69 Å². The molecular formula is C8H12F3NO2. The zero-order valence-electron chi connectivity index (χ0n) is 7.71. The van der Waals surface area contributed by atoms with Crippen molar-refractivity contribution in [2.45, 2.75) is 25.6 Å². The van der Waals surface area contributed by atoms with Gasteiger partial charge in [-0.15, -0.1) is 0 Å². The largest absolute Gasteiger partial charge is 0.480 e. The first-order valence-electron chi connectivity index (χ1n) is 4.36. The molecule has 0 bridgehead atoms. The number of carboxylic acid groups (broad SMARTS) is 1. The van der Waals surface area contributed by atoms with Gasteiger partial charge in [-0.1, -0.05) is 0 Å². The fourth-order valence-corrected chi connectivity index (χ4v) is 1.56. The molecule has 0 saturated carbocycles. The van der Waals surface area contributed by atoms with E-state index in [4.69, 9.17) is 5.11 Å². The number of likely N-dealkylation sites (tertiary alicyclic amines) is 1. The van der Waals surface area contributed by atoms with Crippen molar-refractivity contribution in [3.8, 4) is 0 Å². The van der Waals surface area contributed by atoms with E-state index in [0.29, 0.717) is 0 Å². The van der Waals surface area contributed by atoms with Crippen LogP contribution in [0.25, 0.3) is 0 Å². The second-order valence-corrected chi connectivity index (χ2v) is 3.54. The van der Waals surface area contributed by atoms with E-state index in [1.54, 1.807) is 0 Å². The fraction of sp³-hybridized carbons (Fsp3) is 0.875. The maximum absolute atomic E-state index is 12.2. The van der Waals surface area contributed by atoms with Crippen LogP contribution in [0.4, 0.5) is 13.2 Å². The van der Waals surface area contributed by atoms with Crippen LogP contribution in [0, 0.1) is 5.92 Å².